The van der Waals surface area contributed by atoms with Crippen LogP contribution in [0.15, 0.2) is 41.3 Å². The molecule has 0 amide bonds. The number of alkyl halides is 3. The van der Waals surface area contributed by atoms with Gasteiger partial charge in [0.1, 0.15) is 11.4 Å². The summed E-state index contributed by atoms with van der Waals surface area (Å²) < 4.78 is 43.1. The molecule has 0 bridgehead atoms. The maximum Gasteiger partial charge on any atom is 0.389 e. The molecule has 0 unspecified atom stereocenters. The Kier molecular flexibility index (Phi) is 4.67. The Labute approximate surface area is 145 Å². The van der Waals surface area contributed by atoms with Gasteiger partial charge in [0.05, 0.1) is 17.7 Å². The quantitative estimate of drug-likeness (QED) is 0.526. The van der Waals surface area contributed by atoms with Crippen molar-refractivity contribution >= 4 is 23.3 Å². The zero-order chi connectivity index (χ0) is 18.0. The highest BCUT2D eigenvalue weighted by molar-refractivity contribution is 7.71. The zero-order valence-electron chi connectivity index (χ0n) is 12.9. The normalized spacial score (nSPS) is 11.8. The molecule has 1 aromatic carbocycles. The van der Waals surface area contributed by atoms with Gasteiger partial charge < -0.3 is 14.7 Å². The molecule has 25 heavy (non-hydrogen) atoms. The largest absolute Gasteiger partial charge is 0.494 e. The number of aromatic amines is 2. The fourth-order valence-electron chi connectivity index (χ4n) is 2.42. The van der Waals surface area contributed by atoms with Gasteiger partial charge in [0.15, 0.2) is 4.77 Å². The van der Waals surface area contributed by atoms with E-state index in [0.717, 1.165) is 0 Å². The van der Waals surface area contributed by atoms with E-state index >= 15 is 0 Å². The Bertz CT molecular complexity index is 987. The molecule has 0 aliphatic heterocycles. The molecule has 3 aromatic rings. The first-order valence-corrected chi connectivity index (χ1v) is 7.88. The van der Waals surface area contributed by atoms with E-state index in [0.29, 0.717) is 22.5 Å². The van der Waals surface area contributed by atoms with Crippen molar-refractivity contribution in [2.75, 3.05) is 6.61 Å². The molecule has 0 aliphatic carbocycles. The van der Waals surface area contributed by atoms with Gasteiger partial charge in [0.25, 0.3) is 5.56 Å². The molecule has 9 heteroatoms. The summed E-state index contributed by atoms with van der Waals surface area (Å²) in [5, 5.41) is 0.473. The second kappa shape index (κ2) is 6.75. The number of ether oxygens (including phenoxy) is 1. The molecule has 2 aromatic heterocycles. The maximum atomic E-state index is 12.5. The van der Waals surface area contributed by atoms with Gasteiger partial charge in [-0.05, 0) is 49.0 Å². The van der Waals surface area contributed by atoms with Gasteiger partial charge in [0.2, 0.25) is 0 Å². The minimum atomic E-state index is -4.18. The SMILES string of the molecule is O=c1c2cc[nH]c2[nH]c(=S)n1-c1ccc(OCCCC(F)(F)F)cc1. The average Bonchev–Trinajstić information content (AvgIpc) is 3.00. The van der Waals surface area contributed by atoms with Crippen molar-refractivity contribution in [1.29, 1.82) is 0 Å². The molecule has 0 fully saturated rings. The van der Waals surface area contributed by atoms with E-state index in [-0.39, 0.29) is 23.4 Å². The van der Waals surface area contributed by atoms with Crippen molar-refractivity contribution in [1.82, 2.24) is 14.5 Å². The minimum absolute atomic E-state index is 0.0336. The molecule has 5 nitrogen and oxygen atoms in total. The lowest BCUT2D eigenvalue weighted by molar-refractivity contribution is -0.136. The number of nitrogens with zero attached hydrogens (tertiary/aromatic N) is 1. The molecule has 132 valence electrons. The van der Waals surface area contributed by atoms with E-state index in [4.69, 9.17) is 17.0 Å². The Balaban J connectivity index is 1.77. The van der Waals surface area contributed by atoms with Crippen LogP contribution in [0.25, 0.3) is 16.7 Å². The summed E-state index contributed by atoms with van der Waals surface area (Å²) in [4.78, 5) is 18.3. The number of rotatable bonds is 5. The minimum Gasteiger partial charge on any atom is -0.494 e. The summed E-state index contributed by atoms with van der Waals surface area (Å²) in [5.74, 6) is 0.427. The van der Waals surface area contributed by atoms with E-state index in [1.807, 2.05) is 0 Å². The molecule has 2 N–H and O–H groups in total. The molecular weight excluding hydrogens is 355 g/mol. The second-order valence-corrected chi connectivity index (χ2v) is 5.78. The summed E-state index contributed by atoms with van der Waals surface area (Å²) in [6.45, 7) is -0.0336. The van der Waals surface area contributed by atoms with Gasteiger partial charge in [-0.15, -0.1) is 0 Å². The molecule has 2 heterocycles. The van der Waals surface area contributed by atoms with Crippen LogP contribution in [0.5, 0.6) is 5.75 Å². The van der Waals surface area contributed by atoms with Gasteiger partial charge in [-0.25, -0.2) is 0 Å². The number of fused-ring (bicyclic) bond motifs is 1. The summed E-state index contributed by atoms with van der Waals surface area (Å²) in [5.41, 5.74) is 0.826. The molecule has 0 saturated carbocycles. The van der Waals surface area contributed by atoms with Crippen molar-refractivity contribution in [2.24, 2.45) is 0 Å². The first-order chi connectivity index (χ1) is 11.8. The average molecular weight is 369 g/mol. The van der Waals surface area contributed by atoms with Crippen molar-refractivity contribution in [3.05, 3.63) is 51.7 Å². The van der Waals surface area contributed by atoms with Crippen molar-refractivity contribution in [2.45, 2.75) is 19.0 Å². The Hall–Kier alpha value is -2.55. The number of nitrogens with one attached hydrogen (secondary N) is 2. The fraction of sp³-hybridized carbons (Fsp3) is 0.250. The van der Waals surface area contributed by atoms with Crippen molar-refractivity contribution < 1.29 is 17.9 Å². The number of benzene rings is 1. The monoisotopic (exact) mass is 369 g/mol. The molecule has 0 radical (unpaired) electrons. The topological polar surface area (TPSA) is 62.8 Å². The van der Waals surface area contributed by atoms with E-state index in [9.17, 15) is 18.0 Å². The van der Waals surface area contributed by atoms with Gasteiger partial charge in [-0.3, -0.25) is 9.36 Å². The number of H-pyrrole nitrogens is 2. The molecule has 3 rings (SSSR count). The Morgan fingerprint density at radius 2 is 1.88 bits per heavy atom. The maximum absolute atomic E-state index is 12.5. The first-order valence-electron chi connectivity index (χ1n) is 7.47. The summed E-state index contributed by atoms with van der Waals surface area (Å²) >= 11 is 5.22. The third kappa shape index (κ3) is 3.93. The Morgan fingerprint density at radius 1 is 1.16 bits per heavy atom. The molecule has 0 saturated heterocycles. The highest BCUT2D eigenvalue weighted by Crippen LogP contribution is 2.22. The van der Waals surface area contributed by atoms with Crippen LogP contribution in [0.3, 0.4) is 0 Å². The summed E-state index contributed by atoms with van der Waals surface area (Å²) in [6, 6.07) is 8.08. The number of hydrogen-bond acceptors (Lipinski definition) is 3. The van der Waals surface area contributed by atoms with Crippen molar-refractivity contribution in [3.63, 3.8) is 0 Å². The number of hydrogen-bond donors (Lipinski definition) is 2. The van der Waals surface area contributed by atoms with Crippen LogP contribution in [0.1, 0.15) is 12.8 Å². The summed E-state index contributed by atoms with van der Waals surface area (Å²) in [7, 11) is 0. The zero-order valence-corrected chi connectivity index (χ0v) is 13.7. The van der Waals surface area contributed by atoms with E-state index in [1.165, 1.54) is 4.57 Å². The third-order valence-electron chi connectivity index (χ3n) is 3.58. The first kappa shape index (κ1) is 17.3. The van der Waals surface area contributed by atoms with Crippen LogP contribution in [-0.2, 0) is 0 Å². The predicted octanol–water partition coefficient (Wildman–Crippen LogP) is 4.10. The van der Waals surface area contributed by atoms with Gasteiger partial charge >= 0.3 is 6.18 Å². The third-order valence-corrected chi connectivity index (χ3v) is 3.87. The van der Waals surface area contributed by atoms with E-state index in [1.54, 1.807) is 36.5 Å². The highest BCUT2D eigenvalue weighted by Gasteiger charge is 2.26. The smallest absolute Gasteiger partial charge is 0.389 e. The van der Waals surface area contributed by atoms with Crippen LogP contribution in [0.4, 0.5) is 13.2 Å². The van der Waals surface area contributed by atoms with Crippen LogP contribution in [-0.4, -0.2) is 27.3 Å². The molecular formula is C16H14F3N3O2S. The number of halogens is 3. The summed E-state index contributed by atoms with van der Waals surface area (Å²) in [6.07, 6.45) is -3.53. The second-order valence-electron chi connectivity index (χ2n) is 5.40. The number of aromatic nitrogens is 3. The van der Waals surface area contributed by atoms with Gasteiger partial charge in [-0.2, -0.15) is 13.2 Å². The fourth-order valence-corrected chi connectivity index (χ4v) is 2.71. The Morgan fingerprint density at radius 3 is 2.56 bits per heavy atom. The van der Waals surface area contributed by atoms with Crippen molar-refractivity contribution in [3.8, 4) is 11.4 Å². The van der Waals surface area contributed by atoms with E-state index in [2.05, 4.69) is 9.97 Å². The van der Waals surface area contributed by atoms with E-state index < -0.39 is 12.6 Å². The van der Waals surface area contributed by atoms with Crippen LogP contribution in [0, 0.1) is 4.77 Å². The lowest BCUT2D eigenvalue weighted by Gasteiger charge is -2.10. The lowest BCUT2D eigenvalue weighted by atomic mass is 10.3. The molecule has 0 atom stereocenters. The predicted molar refractivity (Wildman–Crippen MR) is 89.9 cm³/mol. The van der Waals surface area contributed by atoms with Gasteiger partial charge in [0, 0.05) is 12.6 Å². The van der Waals surface area contributed by atoms with Crippen LogP contribution < -0.4 is 10.3 Å². The van der Waals surface area contributed by atoms with Crippen LogP contribution in [0.2, 0.25) is 0 Å². The standard InChI is InChI=1S/C16H14F3N3O2S/c17-16(18,19)7-1-9-24-11-4-2-10(3-5-11)22-14(23)12-6-8-20-13(12)21-15(22)25/h2-6,8,20H,1,7,9H2,(H,21,25). The van der Waals surface area contributed by atoms with Crippen LogP contribution >= 0.6 is 12.2 Å². The molecule has 0 aliphatic rings. The highest BCUT2D eigenvalue weighted by atomic mass is 32.1. The molecule has 0 spiro atoms. The van der Waals surface area contributed by atoms with Gasteiger partial charge in [-0.1, -0.05) is 0 Å². The lowest BCUT2D eigenvalue weighted by Crippen LogP contribution is -2.19.